The minimum Gasteiger partial charge on any atom is -0.309 e. The molecule has 0 heterocycles. The average Bonchev–Trinajstić information content (AvgIpc) is 2.29. The van der Waals surface area contributed by atoms with Crippen molar-refractivity contribution in [2.75, 3.05) is 6.54 Å². The van der Waals surface area contributed by atoms with Gasteiger partial charge in [0.25, 0.3) is 0 Å². The average molecular weight is 221 g/mol. The highest BCUT2D eigenvalue weighted by atomic mass is 35.5. The summed E-state index contributed by atoms with van der Waals surface area (Å²) >= 11 is 5.54. The van der Waals surface area contributed by atoms with E-state index >= 15 is 0 Å². The third-order valence-corrected chi connectivity index (χ3v) is 2.37. The lowest BCUT2D eigenvalue weighted by Crippen LogP contribution is -2.15. The number of nitriles is 1. The summed E-state index contributed by atoms with van der Waals surface area (Å²) in [6, 6.07) is 9.63. The lowest BCUT2D eigenvalue weighted by molar-refractivity contribution is 0.740. The highest BCUT2D eigenvalue weighted by molar-refractivity contribution is 6.25. The van der Waals surface area contributed by atoms with Crippen molar-refractivity contribution < 1.29 is 0 Å². The molecule has 0 spiro atoms. The van der Waals surface area contributed by atoms with Gasteiger partial charge >= 0.3 is 0 Å². The molecule has 1 aromatic carbocycles. The Labute approximate surface area is 95.2 Å². The SMILES string of the molecule is C/C(=C/Cl)CNCc1ccc(C#N)cc1. The monoisotopic (exact) mass is 220 g/mol. The van der Waals surface area contributed by atoms with E-state index < -0.39 is 0 Å². The highest BCUT2D eigenvalue weighted by Crippen LogP contribution is 2.03. The molecular formula is C12H13ClN2. The summed E-state index contributed by atoms with van der Waals surface area (Å²) in [5.74, 6) is 0. The molecule has 0 radical (unpaired) electrons. The number of benzene rings is 1. The Kier molecular flexibility index (Phi) is 4.89. The predicted octanol–water partition coefficient (Wildman–Crippen LogP) is 2.79. The molecule has 0 saturated carbocycles. The maximum atomic E-state index is 8.62. The van der Waals surface area contributed by atoms with Crippen LogP contribution in [0.4, 0.5) is 0 Å². The Bertz CT molecular complexity index is 374. The fourth-order valence-electron chi connectivity index (χ4n) is 1.14. The van der Waals surface area contributed by atoms with Crippen LogP contribution in [0.1, 0.15) is 18.1 Å². The summed E-state index contributed by atoms with van der Waals surface area (Å²) in [6.07, 6.45) is 0. The van der Waals surface area contributed by atoms with Crippen molar-refractivity contribution in [2.45, 2.75) is 13.5 Å². The maximum Gasteiger partial charge on any atom is 0.0991 e. The zero-order valence-electron chi connectivity index (χ0n) is 8.63. The van der Waals surface area contributed by atoms with Gasteiger partial charge in [0, 0.05) is 18.6 Å². The van der Waals surface area contributed by atoms with Gasteiger partial charge in [0.1, 0.15) is 0 Å². The molecule has 0 unspecified atom stereocenters. The quantitative estimate of drug-likeness (QED) is 0.847. The Morgan fingerprint density at radius 1 is 1.47 bits per heavy atom. The molecule has 1 rings (SSSR count). The van der Waals surface area contributed by atoms with E-state index in [9.17, 15) is 0 Å². The highest BCUT2D eigenvalue weighted by Gasteiger charge is 1.94. The van der Waals surface area contributed by atoms with Crippen LogP contribution < -0.4 is 5.32 Å². The molecule has 0 aliphatic rings. The Hall–Kier alpha value is -1.30. The van der Waals surface area contributed by atoms with Gasteiger partial charge in [0.15, 0.2) is 0 Å². The van der Waals surface area contributed by atoms with Gasteiger partial charge in [-0.3, -0.25) is 0 Å². The first-order chi connectivity index (χ1) is 7.26. The summed E-state index contributed by atoms with van der Waals surface area (Å²) in [4.78, 5) is 0. The van der Waals surface area contributed by atoms with Crippen LogP contribution in [-0.4, -0.2) is 6.54 Å². The molecule has 0 bridgehead atoms. The molecule has 0 amide bonds. The summed E-state index contributed by atoms with van der Waals surface area (Å²) in [5, 5.41) is 11.9. The third-order valence-electron chi connectivity index (χ3n) is 2.00. The second-order valence-corrected chi connectivity index (χ2v) is 3.59. The maximum absolute atomic E-state index is 8.62. The molecule has 0 aliphatic carbocycles. The van der Waals surface area contributed by atoms with E-state index in [1.807, 2.05) is 31.2 Å². The lowest BCUT2D eigenvalue weighted by atomic mass is 10.1. The van der Waals surface area contributed by atoms with E-state index in [-0.39, 0.29) is 0 Å². The largest absolute Gasteiger partial charge is 0.309 e. The fourth-order valence-corrected chi connectivity index (χ4v) is 1.22. The Morgan fingerprint density at radius 3 is 2.67 bits per heavy atom. The molecule has 78 valence electrons. The van der Waals surface area contributed by atoms with Crippen LogP contribution in [0.5, 0.6) is 0 Å². The van der Waals surface area contributed by atoms with Crippen molar-refractivity contribution in [3.05, 3.63) is 46.5 Å². The Balaban J connectivity index is 2.42. The Morgan fingerprint density at radius 2 is 2.13 bits per heavy atom. The first kappa shape index (κ1) is 11.8. The molecule has 1 N–H and O–H groups in total. The van der Waals surface area contributed by atoms with E-state index in [0.29, 0.717) is 5.56 Å². The molecule has 0 saturated heterocycles. The summed E-state index contributed by atoms with van der Waals surface area (Å²) < 4.78 is 0. The van der Waals surface area contributed by atoms with E-state index in [1.54, 1.807) is 5.54 Å². The number of nitrogens with one attached hydrogen (secondary N) is 1. The van der Waals surface area contributed by atoms with E-state index in [0.717, 1.165) is 24.2 Å². The van der Waals surface area contributed by atoms with Crippen molar-refractivity contribution >= 4 is 11.6 Å². The first-order valence-corrected chi connectivity index (χ1v) is 5.15. The summed E-state index contributed by atoms with van der Waals surface area (Å²) in [6.45, 7) is 3.54. The molecule has 0 aliphatic heterocycles. The fraction of sp³-hybridized carbons (Fsp3) is 0.250. The van der Waals surface area contributed by atoms with Crippen molar-refractivity contribution in [1.82, 2.24) is 5.32 Å². The second-order valence-electron chi connectivity index (χ2n) is 3.37. The molecule has 15 heavy (non-hydrogen) atoms. The zero-order valence-corrected chi connectivity index (χ0v) is 9.38. The number of hydrogen-bond donors (Lipinski definition) is 1. The molecule has 3 heteroatoms. The smallest absolute Gasteiger partial charge is 0.0991 e. The topological polar surface area (TPSA) is 35.8 Å². The minimum absolute atomic E-state index is 0.690. The van der Waals surface area contributed by atoms with E-state index in [2.05, 4.69) is 11.4 Å². The van der Waals surface area contributed by atoms with E-state index in [4.69, 9.17) is 16.9 Å². The molecule has 0 aromatic heterocycles. The number of nitrogens with zero attached hydrogens (tertiary/aromatic N) is 1. The molecule has 2 nitrogen and oxygen atoms in total. The summed E-state index contributed by atoms with van der Waals surface area (Å²) in [7, 11) is 0. The van der Waals surface area contributed by atoms with Crippen LogP contribution in [0.3, 0.4) is 0 Å². The molecule has 0 fully saturated rings. The van der Waals surface area contributed by atoms with Gasteiger partial charge in [-0.2, -0.15) is 5.26 Å². The standard InChI is InChI=1S/C12H13ClN2/c1-10(6-13)8-15-9-12-4-2-11(7-14)3-5-12/h2-6,15H,8-9H2,1H3/b10-6-. The van der Waals surface area contributed by atoms with Crippen molar-refractivity contribution in [3.63, 3.8) is 0 Å². The van der Waals surface area contributed by atoms with E-state index in [1.165, 1.54) is 0 Å². The molecule has 1 aromatic rings. The first-order valence-electron chi connectivity index (χ1n) is 4.72. The normalized spacial score (nSPS) is 11.1. The van der Waals surface area contributed by atoms with Gasteiger partial charge in [-0.05, 0) is 30.2 Å². The van der Waals surface area contributed by atoms with Crippen LogP contribution in [0.25, 0.3) is 0 Å². The van der Waals surface area contributed by atoms with Crippen LogP contribution in [0.2, 0.25) is 0 Å². The zero-order chi connectivity index (χ0) is 11.1. The molecule has 0 atom stereocenters. The van der Waals surface area contributed by atoms with Crippen molar-refractivity contribution in [2.24, 2.45) is 0 Å². The van der Waals surface area contributed by atoms with Gasteiger partial charge in [-0.15, -0.1) is 0 Å². The van der Waals surface area contributed by atoms with Gasteiger partial charge in [-0.1, -0.05) is 23.7 Å². The van der Waals surface area contributed by atoms with Crippen LogP contribution >= 0.6 is 11.6 Å². The van der Waals surface area contributed by atoms with Gasteiger partial charge in [0.05, 0.1) is 11.6 Å². The number of halogens is 1. The molecular weight excluding hydrogens is 208 g/mol. The van der Waals surface area contributed by atoms with Gasteiger partial charge < -0.3 is 5.32 Å². The van der Waals surface area contributed by atoms with Gasteiger partial charge in [-0.25, -0.2) is 0 Å². The van der Waals surface area contributed by atoms with Crippen LogP contribution in [0.15, 0.2) is 35.4 Å². The third kappa shape index (κ3) is 4.16. The number of rotatable bonds is 4. The van der Waals surface area contributed by atoms with Gasteiger partial charge in [0.2, 0.25) is 0 Å². The van der Waals surface area contributed by atoms with Crippen LogP contribution in [-0.2, 0) is 6.54 Å². The van der Waals surface area contributed by atoms with Crippen molar-refractivity contribution in [1.29, 1.82) is 5.26 Å². The lowest BCUT2D eigenvalue weighted by Gasteiger charge is -2.04. The summed E-state index contributed by atoms with van der Waals surface area (Å²) in [5.41, 5.74) is 4.53. The van der Waals surface area contributed by atoms with Crippen LogP contribution in [0, 0.1) is 11.3 Å². The second kappa shape index (κ2) is 6.23. The van der Waals surface area contributed by atoms with Crippen molar-refractivity contribution in [3.8, 4) is 6.07 Å². The minimum atomic E-state index is 0.690. The number of hydrogen-bond acceptors (Lipinski definition) is 2. The predicted molar refractivity (Wildman–Crippen MR) is 62.5 cm³/mol.